The van der Waals surface area contributed by atoms with Gasteiger partial charge in [0, 0.05) is 12.6 Å². The Morgan fingerprint density at radius 2 is 1.85 bits per heavy atom. The second-order valence-corrected chi connectivity index (χ2v) is 4.22. The summed E-state index contributed by atoms with van der Waals surface area (Å²) in [7, 11) is 0. The van der Waals surface area contributed by atoms with Crippen LogP contribution in [0.4, 0.5) is 0 Å². The molecule has 0 radical (unpaired) electrons. The van der Waals surface area contributed by atoms with Crippen LogP contribution in [-0.2, 0) is 0 Å². The summed E-state index contributed by atoms with van der Waals surface area (Å²) in [6, 6.07) is 0.588. The molecule has 0 heterocycles. The predicted molar refractivity (Wildman–Crippen MR) is 55.7 cm³/mol. The summed E-state index contributed by atoms with van der Waals surface area (Å²) < 4.78 is 0. The van der Waals surface area contributed by atoms with Gasteiger partial charge in [-0.3, -0.25) is 0 Å². The first-order valence-corrected chi connectivity index (χ1v) is 5.69. The van der Waals surface area contributed by atoms with Gasteiger partial charge in [0.25, 0.3) is 0 Å². The third-order valence-corrected chi connectivity index (χ3v) is 3.19. The van der Waals surface area contributed by atoms with E-state index in [0.717, 1.165) is 12.5 Å². The fourth-order valence-electron chi connectivity index (χ4n) is 2.27. The number of aliphatic hydroxyl groups is 1. The molecule has 1 atom stereocenters. The quantitative estimate of drug-likeness (QED) is 0.656. The molecule has 0 saturated heterocycles. The van der Waals surface area contributed by atoms with Crippen molar-refractivity contribution in [1.29, 1.82) is 0 Å². The second kappa shape index (κ2) is 6.39. The highest BCUT2D eigenvalue weighted by Crippen LogP contribution is 2.25. The number of rotatable bonds is 4. The number of aliphatic hydroxyl groups excluding tert-OH is 1. The van der Waals surface area contributed by atoms with E-state index in [1.165, 1.54) is 38.5 Å². The summed E-state index contributed by atoms with van der Waals surface area (Å²) in [6.07, 6.45) is 8.39. The minimum Gasteiger partial charge on any atom is -0.395 e. The fraction of sp³-hybridized carbons (Fsp3) is 1.00. The molecule has 1 rings (SSSR count). The van der Waals surface area contributed by atoms with Gasteiger partial charge < -0.3 is 10.4 Å². The SMILES string of the molecule is C[C@@H](NCCO)C1CCCCCC1. The summed E-state index contributed by atoms with van der Waals surface area (Å²) in [5.41, 5.74) is 0. The van der Waals surface area contributed by atoms with E-state index in [1.54, 1.807) is 0 Å². The van der Waals surface area contributed by atoms with Crippen LogP contribution >= 0.6 is 0 Å². The summed E-state index contributed by atoms with van der Waals surface area (Å²) >= 11 is 0. The Morgan fingerprint density at radius 3 is 2.38 bits per heavy atom. The minimum absolute atomic E-state index is 0.261. The van der Waals surface area contributed by atoms with Gasteiger partial charge in [-0.15, -0.1) is 0 Å². The maximum atomic E-state index is 8.71. The van der Waals surface area contributed by atoms with Crippen LogP contribution in [0, 0.1) is 5.92 Å². The van der Waals surface area contributed by atoms with Crippen molar-refractivity contribution in [3.05, 3.63) is 0 Å². The van der Waals surface area contributed by atoms with Crippen LogP contribution in [0.1, 0.15) is 45.4 Å². The first-order valence-electron chi connectivity index (χ1n) is 5.69. The van der Waals surface area contributed by atoms with Crippen LogP contribution in [-0.4, -0.2) is 24.3 Å². The van der Waals surface area contributed by atoms with Crippen LogP contribution in [0.5, 0.6) is 0 Å². The van der Waals surface area contributed by atoms with E-state index >= 15 is 0 Å². The van der Waals surface area contributed by atoms with Gasteiger partial charge in [0.1, 0.15) is 0 Å². The van der Waals surface area contributed by atoms with Crippen molar-refractivity contribution in [2.24, 2.45) is 5.92 Å². The smallest absolute Gasteiger partial charge is 0.0556 e. The van der Waals surface area contributed by atoms with Gasteiger partial charge in [-0.2, -0.15) is 0 Å². The Labute approximate surface area is 81.7 Å². The van der Waals surface area contributed by atoms with Crippen molar-refractivity contribution in [2.45, 2.75) is 51.5 Å². The largest absolute Gasteiger partial charge is 0.395 e. The van der Waals surface area contributed by atoms with Crippen molar-refractivity contribution in [3.8, 4) is 0 Å². The van der Waals surface area contributed by atoms with Crippen molar-refractivity contribution in [2.75, 3.05) is 13.2 Å². The average molecular weight is 185 g/mol. The van der Waals surface area contributed by atoms with Crippen molar-refractivity contribution in [1.82, 2.24) is 5.32 Å². The van der Waals surface area contributed by atoms with Gasteiger partial charge in [0.2, 0.25) is 0 Å². The number of nitrogens with one attached hydrogen (secondary N) is 1. The third kappa shape index (κ3) is 4.10. The van der Waals surface area contributed by atoms with E-state index in [-0.39, 0.29) is 6.61 Å². The minimum atomic E-state index is 0.261. The fourth-order valence-corrected chi connectivity index (χ4v) is 2.27. The zero-order valence-electron chi connectivity index (χ0n) is 8.76. The molecule has 0 aliphatic heterocycles. The topological polar surface area (TPSA) is 32.3 Å². The molecule has 0 aromatic carbocycles. The molecule has 0 spiro atoms. The summed E-state index contributed by atoms with van der Waals surface area (Å²) in [5.74, 6) is 0.842. The molecule has 1 saturated carbocycles. The highest BCUT2D eigenvalue weighted by molar-refractivity contribution is 4.74. The molecule has 2 N–H and O–H groups in total. The molecule has 0 aromatic heterocycles. The highest BCUT2D eigenvalue weighted by atomic mass is 16.3. The molecule has 0 unspecified atom stereocenters. The zero-order chi connectivity index (χ0) is 9.52. The monoisotopic (exact) mass is 185 g/mol. The Balaban J connectivity index is 2.22. The maximum absolute atomic E-state index is 8.71. The molecule has 2 heteroatoms. The van der Waals surface area contributed by atoms with E-state index in [9.17, 15) is 0 Å². The van der Waals surface area contributed by atoms with Gasteiger partial charge in [-0.1, -0.05) is 25.7 Å². The van der Waals surface area contributed by atoms with Crippen LogP contribution in [0.2, 0.25) is 0 Å². The summed E-state index contributed by atoms with van der Waals surface area (Å²) in [4.78, 5) is 0. The number of hydrogen-bond acceptors (Lipinski definition) is 2. The summed E-state index contributed by atoms with van der Waals surface area (Å²) in [5, 5.41) is 12.1. The van der Waals surface area contributed by atoms with E-state index in [0.29, 0.717) is 6.04 Å². The second-order valence-electron chi connectivity index (χ2n) is 4.22. The van der Waals surface area contributed by atoms with Crippen molar-refractivity contribution in [3.63, 3.8) is 0 Å². The van der Waals surface area contributed by atoms with Gasteiger partial charge in [-0.05, 0) is 25.7 Å². The normalized spacial score (nSPS) is 22.6. The molecule has 0 bridgehead atoms. The van der Waals surface area contributed by atoms with Gasteiger partial charge in [-0.25, -0.2) is 0 Å². The zero-order valence-corrected chi connectivity index (χ0v) is 8.76. The van der Waals surface area contributed by atoms with Crippen LogP contribution < -0.4 is 5.32 Å². The Morgan fingerprint density at radius 1 is 1.23 bits per heavy atom. The molecular weight excluding hydrogens is 162 g/mol. The molecule has 13 heavy (non-hydrogen) atoms. The maximum Gasteiger partial charge on any atom is 0.0556 e. The van der Waals surface area contributed by atoms with E-state index in [4.69, 9.17) is 5.11 Å². The van der Waals surface area contributed by atoms with Gasteiger partial charge in [0.05, 0.1) is 6.61 Å². The molecular formula is C11H23NO. The molecule has 1 aliphatic rings. The standard InChI is InChI=1S/C11H23NO/c1-10(12-8-9-13)11-6-4-2-3-5-7-11/h10-13H,2-9H2,1H3/t10-/m1/s1. The lowest BCUT2D eigenvalue weighted by atomic mass is 9.93. The number of hydrogen-bond donors (Lipinski definition) is 2. The van der Waals surface area contributed by atoms with Crippen LogP contribution in [0.3, 0.4) is 0 Å². The van der Waals surface area contributed by atoms with E-state index < -0.39 is 0 Å². The Hall–Kier alpha value is -0.0800. The Kier molecular flexibility index (Phi) is 5.40. The average Bonchev–Trinajstić information content (AvgIpc) is 2.42. The molecule has 1 aliphatic carbocycles. The lowest BCUT2D eigenvalue weighted by molar-refractivity contribution is 0.264. The van der Waals surface area contributed by atoms with Crippen molar-refractivity contribution >= 4 is 0 Å². The van der Waals surface area contributed by atoms with Crippen molar-refractivity contribution < 1.29 is 5.11 Å². The first kappa shape index (κ1) is 11.0. The lowest BCUT2D eigenvalue weighted by Crippen LogP contribution is -2.35. The molecule has 0 amide bonds. The molecule has 78 valence electrons. The highest BCUT2D eigenvalue weighted by Gasteiger charge is 2.17. The van der Waals surface area contributed by atoms with Gasteiger partial charge in [0.15, 0.2) is 0 Å². The van der Waals surface area contributed by atoms with Crippen LogP contribution in [0.25, 0.3) is 0 Å². The molecule has 0 aromatic rings. The molecule has 1 fully saturated rings. The van der Waals surface area contributed by atoms with E-state index in [1.807, 2.05) is 0 Å². The van der Waals surface area contributed by atoms with Gasteiger partial charge >= 0.3 is 0 Å². The Bertz CT molecular complexity index is 119. The van der Waals surface area contributed by atoms with Crippen LogP contribution in [0.15, 0.2) is 0 Å². The first-order chi connectivity index (χ1) is 6.34. The predicted octanol–water partition coefficient (Wildman–Crippen LogP) is 1.93. The molecule has 2 nitrogen and oxygen atoms in total. The summed E-state index contributed by atoms with van der Waals surface area (Å²) in [6.45, 7) is 3.26. The lowest BCUT2D eigenvalue weighted by Gasteiger charge is -2.23. The van der Waals surface area contributed by atoms with E-state index in [2.05, 4.69) is 12.2 Å². The third-order valence-electron chi connectivity index (χ3n) is 3.19.